The van der Waals surface area contributed by atoms with Crippen LogP contribution in [0.5, 0.6) is 0 Å². The summed E-state index contributed by atoms with van der Waals surface area (Å²) >= 11 is 0. The monoisotopic (exact) mass is 259 g/mol. The maximum atomic E-state index is 11.5. The van der Waals surface area contributed by atoms with E-state index >= 15 is 0 Å². The normalized spacial score (nSPS) is 18.9. The lowest BCUT2D eigenvalue weighted by Gasteiger charge is -2.24. The number of carboxylic acids is 1. The Morgan fingerprint density at radius 2 is 1.83 bits per heavy atom. The van der Waals surface area contributed by atoms with Gasteiger partial charge >= 0.3 is 12.1 Å². The fourth-order valence-corrected chi connectivity index (χ4v) is 1.45. The molecule has 1 saturated heterocycles. The molecule has 18 heavy (non-hydrogen) atoms. The van der Waals surface area contributed by atoms with Crippen molar-refractivity contribution in [3.8, 4) is 0 Å². The van der Waals surface area contributed by atoms with E-state index in [-0.39, 0.29) is 6.54 Å². The zero-order valence-electron chi connectivity index (χ0n) is 12.0. The van der Waals surface area contributed by atoms with Crippen LogP contribution in [0.4, 0.5) is 4.79 Å². The highest BCUT2D eigenvalue weighted by molar-refractivity contribution is 5.74. The van der Waals surface area contributed by atoms with Crippen molar-refractivity contribution >= 4 is 12.1 Å². The Labute approximate surface area is 109 Å². The summed E-state index contributed by atoms with van der Waals surface area (Å²) in [5.41, 5.74) is -0.529. The second-order valence-corrected chi connectivity index (χ2v) is 5.46. The lowest BCUT2D eigenvalue weighted by Crippen LogP contribution is -2.35. The largest absolute Gasteiger partial charge is 0.481 e. The fourth-order valence-electron chi connectivity index (χ4n) is 1.45. The Hall–Kier alpha value is -1.26. The summed E-state index contributed by atoms with van der Waals surface area (Å²) in [4.78, 5) is 23.7. The van der Waals surface area contributed by atoms with Crippen LogP contribution in [0.15, 0.2) is 0 Å². The van der Waals surface area contributed by atoms with Gasteiger partial charge in [0.25, 0.3) is 0 Å². The summed E-state index contributed by atoms with van der Waals surface area (Å²) in [6.45, 7) is 10.3. The Morgan fingerprint density at radius 1 is 1.33 bits per heavy atom. The first-order chi connectivity index (χ1) is 8.21. The van der Waals surface area contributed by atoms with Gasteiger partial charge in [-0.1, -0.05) is 20.3 Å². The number of nitrogens with zero attached hydrogens (tertiary/aromatic N) is 1. The summed E-state index contributed by atoms with van der Waals surface area (Å²) in [5, 5.41) is 8.77. The molecule has 0 radical (unpaired) electrons. The summed E-state index contributed by atoms with van der Waals surface area (Å²) < 4.78 is 5.14. The minimum absolute atomic E-state index is 0.254. The maximum Gasteiger partial charge on any atom is 0.410 e. The van der Waals surface area contributed by atoms with E-state index in [1.54, 1.807) is 20.8 Å². The Kier molecular flexibility index (Phi) is 6.73. The average molecular weight is 259 g/mol. The number of amides is 1. The van der Waals surface area contributed by atoms with E-state index < -0.39 is 23.6 Å². The molecule has 0 spiro atoms. The van der Waals surface area contributed by atoms with Gasteiger partial charge in [0.15, 0.2) is 0 Å². The molecule has 1 unspecified atom stereocenters. The zero-order valence-corrected chi connectivity index (χ0v) is 12.0. The van der Waals surface area contributed by atoms with Crippen molar-refractivity contribution in [3.05, 3.63) is 0 Å². The second-order valence-electron chi connectivity index (χ2n) is 5.46. The number of rotatable bonds is 1. The first-order valence-corrected chi connectivity index (χ1v) is 6.42. The Morgan fingerprint density at radius 3 is 2.17 bits per heavy atom. The molecule has 0 saturated carbocycles. The van der Waals surface area contributed by atoms with Crippen molar-refractivity contribution in [1.82, 2.24) is 4.90 Å². The van der Waals surface area contributed by atoms with E-state index in [0.717, 1.165) is 0 Å². The molecule has 1 amide bonds. The van der Waals surface area contributed by atoms with E-state index in [4.69, 9.17) is 9.84 Å². The van der Waals surface area contributed by atoms with Crippen LogP contribution in [-0.4, -0.2) is 40.8 Å². The van der Waals surface area contributed by atoms with Crippen molar-refractivity contribution in [2.75, 3.05) is 13.1 Å². The number of ether oxygens (including phenoxy) is 1. The third kappa shape index (κ3) is 6.47. The van der Waals surface area contributed by atoms with Crippen molar-refractivity contribution in [2.45, 2.75) is 53.1 Å². The summed E-state index contributed by atoms with van der Waals surface area (Å²) in [6.07, 6.45) is 1.33. The number of aliphatic carboxylic acids is 1. The highest BCUT2D eigenvalue weighted by Gasteiger charge is 2.33. The number of likely N-dealkylation sites (tertiary alicyclic amines) is 1. The van der Waals surface area contributed by atoms with Crippen molar-refractivity contribution < 1.29 is 19.4 Å². The van der Waals surface area contributed by atoms with Crippen LogP contribution in [0.1, 0.15) is 47.5 Å². The SMILES string of the molecule is CC(C)(C)OC(=O)N1CCC(C(=O)O)C1.CCC. The molecule has 1 heterocycles. The number of carbonyl (C=O) groups is 2. The molecule has 0 bridgehead atoms. The van der Waals surface area contributed by atoms with Gasteiger partial charge in [0.2, 0.25) is 0 Å². The third-order valence-corrected chi connectivity index (χ3v) is 2.19. The molecular formula is C13H25NO4. The third-order valence-electron chi connectivity index (χ3n) is 2.19. The smallest absolute Gasteiger partial charge is 0.410 e. The first-order valence-electron chi connectivity index (χ1n) is 6.42. The van der Waals surface area contributed by atoms with E-state index in [2.05, 4.69) is 13.8 Å². The molecule has 5 nitrogen and oxygen atoms in total. The van der Waals surface area contributed by atoms with Crippen LogP contribution in [-0.2, 0) is 9.53 Å². The average Bonchev–Trinajstić information content (AvgIpc) is 2.64. The second kappa shape index (κ2) is 7.24. The van der Waals surface area contributed by atoms with Gasteiger partial charge in [0, 0.05) is 13.1 Å². The molecular weight excluding hydrogens is 234 g/mol. The van der Waals surface area contributed by atoms with Crippen LogP contribution in [0.25, 0.3) is 0 Å². The molecule has 0 aromatic carbocycles. The predicted molar refractivity (Wildman–Crippen MR) is 69.5 cm³/mol. The molecule has 1 aliphatic heterocycles. The van der Waals surface area contributed by atoms with E-state index in [9.17, 15) is 9.59 Å². The summed E-state index contributed by atoms with van der Waals surface area (Å²) in [7, 11) is 0. The molecule has 0 aromatic rings. The molecule has 1 rings (SSSR count). The molecule has 1 aliphatic rings. The molecule has 1 fully saturated rings. The van der Waals surface area contributed by atoms with Crippen LogP contribution in [0.2, 0.25) is 0 Å². The molecule has 0 aliphatic carbocycles. The molecule has 106 valence electrons. The fraction of sp³-hybridized carbons (Fsp3) is 0.846. The number of hydrogen-bond donors (Lipinski definition) is 1. The standard InChI is InChI=1S/C10H17NO4.C3H8/c1-10(2,3)15-9(14)11-5-4-7(6-11)8(12)13;1-3-2/h7H,4-6H2,1-3H3,(H,12,13);3H2,1-2H3. The lowest BCUT2D eigenvalue weighted by molar-refractivity contribution is -0.141. The van der Waals surface area contributed by atoms with Gasteiger partial charge in [-0.25, -0.2) is 4.79 Å². The Balaban J connectivity index is 0.000000873. The summed E-state index contributed by atoms with van der Waals surface area (Å²) in [6, 6.07) is 0. The zero-order chi connectivity index (χ0) is 14.3. The predicted octanol–water partition coefficient (Wildman–Crippen LogP) is 2.74. The minimum Gasteiger partial charge on any atom is -0.481 e. The van der Waals surface area contributed by atoms with Gasteiger partial charge in [-0.05, 0) is 27.2 Å². The van der Waals surface area contributed by atoms with E-state index in [1.807, 2.05) is 0 Å². The van der Waals surface area contributed by atoms with Gasteiger partial charge in [-0.3, -0.25) is 4.79 Å². The quantitative estimate of drug-likeness (QED) is 0.786. The van der Waals surface area contributed by atoms with Crippen molar-refractivity contribution in [2.24, 2.45) is 5.92 Å². The lowest BCUT2D eigenvalue weighted by atomic mass is 10.1. The first kappa shape index (κ1) is 16.7. The summed E-state index contributed by atoms with van der Waals surface area (Å²) in [5.74, 6) is -1.29. The van der Waals surface area contributed by atoms with Crippen LogP contribution >= 0.6 is 0 Å². The Bertz CT molecular complexity index is 283. The van der Waals surface area contributed by atoms with Gasteiger partial charge < -0.3 is 14.7 Å². The number of carbonyl (C=O) groups excluding carboxylic acids is 1. The van der Waals surface area contributed by atoms with Gasteiger partial charge in [0.1, 0.15) is 5.60 Å². The molecule has 1 atom stereocenters. The van der Waals surface area contributed by atoms with Crippen molar-refractivity contribution in [1.29, 1.82) is 0 Å². The van der Waals surface area contributed by atoms with Gasteiger partial charge in [-0.2, -0.15) is 0 Å². The maximum absolute atomic E-state index is 11.5. The number of carboxylic acid groups (broad SMARTS) is 1. The topological polar surface area (TPSA) is 66.8 Å². The highest BCUT2D eigenvalue weighted by Crippen LogP contribution is 2.19. The van der Waals surface area contributed by atoms with Crippen molar-refractivity contribution in [3.63, 3.8) is 0 Å². The van der Waals surface area contributed by atoms with Gasteiger partial charge in [-0.15, -0.1) is 0 Å². The van der Waals surface area contributed by atoms with E-state index in [0.29, 0.717) is 13.0 Å². The molecule has 1 N–H and O–H groups in total. The molecule has 5 heteroatoms. The molecule has 0 aromatic heterocycles. The highest BCUT2D eigenvalue weighted by atomic mass is 16.6. The van der Waals surface area contributed by atoms with E-state index in [1.165, 1.54) is 11.3 Å². The van der Waals surface area contributed by atoms with Crippen LogP contribution in [0.3, 0.4) is 0 Å². The van der Waals surface area contributed by atoms with Crippen LogP contribution in [0, 0.1) is 5.92 Å². The minimum atomic E-state index is -0.846. The van der Waals surface area contributed by atoms with Gasteiger partial charge in [0.05, 0.1) is 5.92 Å². The number of hydrogen-bond acceptors (Lipinski definition) is 3. The van der Waals surface area contributed by atoms with Crippen LogP contribution < -0.4 is 0 Å².